The van der Waals surface area contributed by atoms with E-state index in [1.807, 2.05) is 6.92 Å². The van der Waals surface area contributed by atoms with E-state index in [0.29, 0.717) is 12.4 Å². The zero-order chi connectivity index (χ0) is 10.4. The van der Waals surface area contributed by atoms with Gasteiger partial charge in [-0.05, 0) is 13.3 Å². The molecular weight excluding hydrogens is 180 g/mol. The maximum atomic E-state index is 11.3. The molecule has 1 heterocycles. The molecule has 1 amide bonds. The Morgan fingerprint density at radius 3 is 2.93 bits per heavy atom. The molecule has 14 heavy (non-hydrogen) atoms. The fraction of sp³-hybridized carbons (Fsp3) is 0.600. The predicted octanol–water partition coefficient (Wildman–Crippen LogP) is 2.50. The van der Waals surface area contributed by atoms with Crippen LogP contribution in [0.2, 0.25) is 0 Å². The number of hydrogen-bond donors (Lipinski definition) is 1. The van der Waals surface area contributed by atoms with Crippen molar-refractivity contribution in [3.63, 3.8) is 0 Å². The molecular formula is C10H16N2O2. The van der Waals surface area contributed by atoms with Gasteiger partial charge < -0.3 is 4.42 Å². The van der Waals surface area contributed by atoms with Gasteiger partial charge in [0.2, 0.25) is 5.91 Å². The van der Waals surface area contributed by atoms with E-state index < -0.39 is 0 Å². The van der Waals surface area contributed by atoms with Crippen LogP contribution in [0.4, 0.5) is 6.01 Å². The molecule has 1 rings (SSSR count). The van der Waals surface area contributed by atoms with Crippen molar-refractivity contribution in [2.75, 3.05) is 5.32 Å². The third kappa shape index (κ3) is 3.60. The minimum absolute atomic E-state index is 0.0275. The van der Waals surface area contributed by atoms with E-state index in [4.69, 9.17) is 4.42 Å². The molecule has 1 aromatic heterocycles. The van der Waals surface area contributed by atoms with Crippen molar-refractivity contribution in [2.45, 2.75) is 39.5 Å². The Hall–Kier alpha value is -1.32. The van der Waals surface area contributed by atoms with Gasteiger partial charge in [-0.2, -0.15) is 4.98 Å². The molecule has 0 fully saturated rings. The molecule has 1 N–H and O–H groups in total. The van der Waals surface area contributed by atoms with Crippen molar-refractivity contribution in [1.82, 2.24) is 4.98 Å². The van der Waals surface area contributed by atoms with Gasteiger partial charge in [0.1, 0.15) is 6.26 Å². The Balaban J connectivity index is 2.27. The van der Waals surface area contributed by atoms with Gasteiger partial charge in [0.25, 0.3) is 0 Å². The minimum Gasteiger partial charge on any atom is -0.432 e. The molecule has 0 aliphatic carbocycles. The van der Waals surface area contributed by atoms with Crippen molar-refractivity contribution < 1.29 is 9.21 Å². The number of carbonyl (C=O) groups excluding carboxylic acids is 1. The Morgan fingerprint density at radius 2 is 2.36 bits per heavy atom. The Labute approximate surface area is 83.7 Å². The van der Waals surface area contributed by atoms with Crippen LogP contribution >= 0.6 is 0 Å². The number of oxazole rings is 1. The second-order valence-corrected chi connectivity index (χ2v) is 3.30. The summed E-state index contributed by atoms with van der Waals surface area (Å²) in [5, 5.41) is 2.60. The summed E-state index contributed by atoms with van der Waals surface area (Å²) in [6.07, 6.45) is 5.17. The summed E-state index contributed by atoms with van der Waals surface area (Å²) in [5.41, 5.74) is 0.772. The highest BCUT2D eigenvalue weighted by Gasteiger charge is 2.05. The van der Waals surface area contributed by atoms with Gasteiger partial charge in [-0.1, -0.05) is 19.8 Å². The first-order valence-electron chi connectivity index (χ1n) is 4.94. The first-order chi connectivity index (χ1) is 6.72. The lowest BCUT2D eigenvalue weighted by Gasteiger charge is -1.99. The number of nitrogens with one attached hydrogen (secondary N) is 1. The summed E-state index contributed by atoms with van der Waals surface area (Å²) in [4.78, 5) is 15.3. The second kappa shape index (κ2) is 5.42. The van der Waals surface area contributed by atoms with E-state index in [1.165, 1.54) is 6.26 Å². The first kappa shape index (κ1) is 10.8. The molecule has 1 aromatic rings. The molecule has 0 saturated carbocycles. The van der Waals surface area contributed by atoms with Crippen molar-refractivity contribution >= 4 is 11.9 Å². The fourth-order valence-corrected chi connectivity index (χ4v) is 1.13. The quantitative estimate of drug-likeness (QED) is 0.736. The van der Waals surface area contributed by atoms with Crippen LogP contribution in [0.15, 0.2) is 10.7 Å². The second-order valence-electron chi connectivity index (χ2n) is 3.30. The monoisotopic (exact) mass is 196 g/mol. The summed E-state index contributed by atoms with van der Waals surface area (Å²) in [6, 6.07) is 0.295. The summed E-state index contributed by atoms with van der Waals surface area (Å²) in [7, 11) is 0. The van der Waals surface area contributed by atoms with E-state index in [9.17, 15) is 4.79 Å². The van der Waals surface area contributed by atoms with Crippen molar-refractivity contribution in [2.24, 2.45) is 0 Å². The van der Waals surface area contributed by atoms with Gasteiger partial charge in [0.15, 0.2) is 0 Å². The van der Waals surface area contributed by atoms with Crippen LogP contribution in [0, 0.1) is 6.92 Å². The number of rotatable bonds is 5. The van der Waals surface area contributed by atoms with E-state index >= 15 is 0 Å². The zero-order valence-corrected chi connectivity index (χ0v) is 8.67. The number of amides is 1. The number of hydrogen-bond acceptors (Lipinski definition) is 3. The normalized spacial score (nSPS) is 10.1. The number of aromatic nitrogens is 1. The summed E-state index contributed by atoms with van der Waals surface area (Å²) in [6.45, 7) is 3.92. The molecule has 4 nitrogen and oxygen atoms in total. The third-order valence-corrected chi connectivity index (χ3v) is 1.87. The molecule has 0 atom stereocenters. The first-order valence-corrected chi connectivity index (χ1v) is 4.94. The molecule has 0 saturated heterocycles. The van der Waals surface area contributed by atoms with Crippen LogP contribution in [0.3, 0.4) is 0 Å². The molecule has 78 valence electrons. The van der Waals surface area contributed by atoms with Gasteiger partial charge in [0.05, 0.1) is 5.69 Å². The van der Waals surface area contributed by atoms with Gasteiger partial charge in [-0.3, -0.25) is 10.1 Å². The number of nitrogens with zero attached hydrogens (tertiary/aromatic N) is 1. The van der Waals surface area contributed by atoms with Crippen LogP contribution in [-0.2, 0) is 4.79 Å². The lowest BCUT2D eigenvalue weighted by Crippen LogP contribution is -2.11. The average molecular weight is 196 g/mol. The fourth-order valence-electron chi connectivity index (χ4n) is 1.13. The van der Waals surface area contributed by atoms with Crippen LogP contribution in [-0.4, -0.2) is 10.9 Å². The van der Waals surface area contributed by atoms with Crippen molar-refractivity contribution in [3.8, 4) is 0 Å². The summed E-state index contributed by atoms with van der Waals surface area (Å²) >= 11 is 0. The predicted molar refractivity (Wildman–Crippen MR) is 54.0 cm³/mol. The van der Waals surface area contributed by atoms with Gasteiger partial charge in [-0.15, -0.1) is 0 Å². The number of unbranched alkanes of at least 4 members (excludes halogenated alkanes) is 2. The van der Waals surface area contributed by atoms with Crippen LogP contribution in [0.1, 0.15) is 38.3 Å². The van der Waals surface area contributed by atoms with E-state index in [-0.39, 0.29) is 5.91 Å². The van der Waals surface area contributed by atoms with Gasteiger partial charge in [-0.25, -0.2) is 0 Å². The molecule has 0 aromatic carbocycles. The molecule has 4 heteroatoms. The largest absolute Gasteiger partial charge is 0.432 e. The van der Waals surface area contributed by atoms with E-state index in [2.05, 4.69) is 17.2 Å². The molecule has 0 unspecified atom stereocenters. The van der Waals surface area contributed by atoms with Gasteiger partial charge >= 0.3 is 6.01 Å². The van der Waals surface area contributed by atoms with Crippen molar-refractivity contribution in [3.05, 3.63) is 12.0 Å². The summed E-state index contributed by atoms with van der Waals surface area (Å²) < 4.78 is 5.00. The average Bonchev–Trinajstić information content (AvgIpc) is 2.52. The topological polar surface area (TPSA) is 55.1 Å². The highest BCUT2D eigenvalue weighted by atomic mass is 16.4. The maximum Gasteiger partial charge on any atom is 0.301 e. The van der Waals surface area contributed by atoms with Crippen LogP contribution < -0.4 is 5.32 Å². The highest BCUT2D eigenvalue weighted by molar-refractivity contribution is 5.88. The smallest absolute Gasteiger partial charge is 0.301 e. The Morgan fingerprint density at radius 1 is 1.57 bits per heavy atom. The Bertz CT molecular complexity index is 294. The number of carbonyl (C=O) groups is 1. The summed E-state index contributed by atoms with van der Waals surface area (Å²) in [5.74, 6) is -0.0275. The minimum atomic E-state index is -0.0275. The van der Waals surface area contributed by atoms with E-state index in [1.54, 1.807) is 0 Å². The maximum absolute atomic E-state index is 11.3. The molecule has 0 aliphatic rings. The molecule has 0 radical (unpaired) electrons. The van der Waals surface area contributed by atoms with E-state index in [0.717, 1.165) is 25.0 Å². The van der Waals surface area contributed by atoms with Crippen LogP contribution in [0.5, 0.6) is 0 Å². The van der Waals surface area contributed by atoms with Crippen LogP contribution in [0.25, 0.3) is 0 Å². The lowest BCUT2D eigenvalue weighted by molar-refractivity contribution is -0.116. The zero-order valence-electron chi connectivity index (χ0n) is 8.67. The standard InChI is InChI=1S/C10H16N2O2/c1-3-4-5-6-9(13)12-10-11-8(2)7-14-10/h7H,3-6H2,1-2H3,(H,11,12,13). The molecule has 0 aliphatic heterocycles. The van der Waals surface area contributed by atoms with Crippen molar-refractivity contribution in [1.29, 1.82) is 0 Å². The lowest BCUT2D eigenvalue weighted by atomic mass is 10.2. The molecule has 0 spiro atoms. The number of anilines is 1. The SMILES string of the molecule is CCCCCC(=O)Nc1nc(C)co1. The number of aryl methyl sites for hydroxylation is 1. The third-order valence-electron chi connectivity index (χ3n) is 1.87. The van der Waals surface area contributed by atoms with Gasteiger partial charge in [0, 0.05) is 6.42 Å². The Kier molecular flexibility index (Phi) is 4.16. The highest BCUT2D eigenvalue weighted by Crippen LogP contribution is 2.07. The molecule has 0 bridgehead atoms.